The van der Waals surface area contributed by atoms with Gasteiger partial charge in [-0.15, -0.1) is 0 Å². The van der Waals surface area contributed by atoms with E-state index in [1.807, 2.05) is 23.9 Å². The average Bonchev–Trinajstić information content (AvgIpc) is 2.60. The van der Waals surface area contributed by atoms with E-state index in [1.165, 1.54) is 12.2 Å². The van der Waals surface area contributed by atoms with Crippen molar-refractivity contribution in [3.8, 4) is 0 Å². The highest BCUT2D eigenvalue weighted by atomic mass is 32.2. The smallest absolute Gasteiger partial charge is 0.137 e. The zero-order valence-corrected chi connectivity index (χ0v) is 11.8. The molecule has 0 radical (unpaired) electrons. The molecule has 1 aromatic carbocycles. The van der Waals surface area contributed by atoms with Crippen molar-refractivity contribution < 1.29 is 4.39 Å². The standard InChI is InChI=1S/C13H17FN2S2/c14-12-10(3-1-4-11(12)13(15)17)9-16-5-2-7-18-8-6-16/h1,3-4H,2,5-9H2,(H2,15,17). The Balaban J connectivity index is 2.13. The monoisotopic (exact) mass is 284 g/mol. The number of hydrogen-bond donors (Lipinski definition) is 1. The van der Waals surface area contributed by atoms with Crippen molar-refractivity contribution in [1.29, 1.82) is 0 Å². The molecule has 0 spiro atoms. The largest absolute Gasteiger partial charge is 0.389 e. The molecule has 2 N–H and O–H groups in total. The number of benzene rings is 1. The maximum absolute atomic E-state index is 14.2. The minimum atomic E-state index is -0.262. The van der Waals surface area contributed by atoms with Gasteiger partial charge in [-0.2, -0.15) is 11.8 Å². The molecule has 18 heavy (non-hydrogen) atoms. The molecule has 0 bridgehead atoms. The van der Waals surface area contributed by atoms with Gasteiger partial charge in [-0.05, 0) is 24.8 Å². The second kappa shape index (κ2) is 6.50. The lowest BCUT2D eigenvalue weighted by molar-refractivity contribution is 0.283. The average molecular weight is 284 g/mol. The zero-order chi connectivity index (χ0) is 13.0. The lowest BCUT2D eigenvalue weighted by atomic mass is 10.1. The Bertz CT molecular complexity index is 429. The predicted octanol–water partition coefficient (Wildman–Crippen LogP) is 2.40. The molecule has 0 aliphatic carbocycles. The van der Waals surface area contributed by atoms with E-state index in [9.17, 15) is 4.39 Å². The molecule has 1 saturated heterocycles. The van der Waals surface area contributed by atoms with Gasteiger partial charge in [0.15, 0.2) is 0 Å². The third-order valence-electron chi connectivity index (χ3n) is 3.05. The zero-order valence-electron chi connectivity index (χ0n) is 10.2. The summed E-state index contributed by atoms with van der Waals surface area (Å²) >= 11 is 6.82. The lowest BCUT2D eigenvalue weighted by Crippen LogP contribution is -2.26. The summed E-state index contributed by atoms with van der Waals surface area (Å²) in [6.45, 7) is 2.69. The molecule has 2 nitrogen and oxygen atoms in total. The van der Waals surface area contributed by atoms with Crippen LogP contribution in [0.3, 0.4) is 0 Å². The fraction of sp³-hybridized carbons (Fsp3) is 0.462. The molecule has 1 aliphatic heterocycles. The Morgan fingerprint density at radius 3 is 3.00 bits per heavy atom. The van der Waals surface area contributed by atoms with Crippen molar-refractivity contribution in [2.24, 2.45) is 5.73 Å². The highest BCUT2D eigenvalue weighted by Crippen LogP contribution is 2.17. The van der Waals surface area contributed by atoms with Crippen LogP contribution in [0.15, 0.2) is 18.2 Å². The summed E-state index contributed by atoms with van der Waals surface area (Å²) in [5.74, 6) is 2.06. The Morgan fingerprint density at radius 1 is 1.39 bits per heavy atom. The normalized spacial score (nSPS) is 17.4. The fourth-order valence-electron chi connectivity index (χ4n) is 2.09. The third-order valence-corrected chi connectivity index (χ3v) is 4.32. The van der Waals surface area contributed by atoms with Crippen molar-refractivity contribution in [2.75, 3.05) is 24.6 Å². The summed E-state index contributed by atoms with van der Waals surface area (Å²) in [4.78, 5) is 2.42. The van der Waals surface area contributed by atoms with E-state index in [4.69, 9.17) is 18.0 Å². The highest BCUT2D eigenvalue weighted by molar-refractivity contribution is 7.99. The number of thioether (sulfide) groups is 1. The Hall–Kier alpha value is -0.650. The summed E-state index contributed by atoms with van der Waals surface area (Å²) in [5.41, 5.74) is 6.56. The number of hydrogen-bond acceptors (Lipinski definition) is 3. The van der Waals surface area contributed by atoms with Crippen LogP contribution in [-0.2, 0) is 6.54 Å². The van der Waals surface area contributed by atoms with Gasteiger partial charge in [0.25, 0.3) is 0 Å². The molecule has 0 aromatic heterocycles. The van der Waals surface area contributed by atoms with E-state index in [-0.39, 0.29) is 10.8 Å². The van der Waals surface area contributed by atoms with Crippen LogP contribution >= 0.6 is 24.0 Å². The van der Waals surface area contributed by atoms with Crippen LogP contribution in [-0.4, -0.2) is 34.5 Å². The molecule has 98 valence electrons. The lowest BCUT2D eigenvalue weighted by Gasteiger charge is -2.20. The number of thiocarbonyl (C=S) groups is 1. The first-order chi connectivity index (χ1) is 8.68. The van der Waals surface area contributed by atoms with Gasteiger partial charge >= 0.3 is 0 Å². The summed E-state index contributed by atoms with van der Waals surface area (Å²) in [6.07, 6.45) is 1.17. The molecule has 1 aromatic rings. The number of nitrogens with zero attached hydrogens (tertiary/aromatic N) is 1. The molecule has 0 saturated carbocycles. The van der Waals surface area contributed by atoms with E-state index in [1.54, 1.807) is 6.07 Å². The molecular formula is C13H17FN2S2. The highest BCUT2D eigenvalue weighted by Gasteiger charge is 2.14. The molecule has 0 amide bonds. The summed E-state index contributed by atoms with van der Waals surface area (Å²) < 4.78 is 14.2. The van der Waals surface area contributed by atoms with Gasteiger partial charge in [-0.25, -0.2) is 4.39 Å². The topological polar surface area (TPSA) is 29.3 Å². The predicted molar refractivity (Wildman–Crippen MR) is 79.5 cm³/mol. The summed E-state index contributed by atoms with van der Waals surface area (Å²) in [5, 5.41) is 0. The molecule has 1 aliphatic rings. The molecule has 1 heterocycles. The van der Waals surface area contributed by atoms with E-state index in [0.717, 1.165) is 18.8 Å². The van der Waals surface area contributed by atoms with E-state index >= 15 is 0 Å². The van der Waals surface area contributed by atoms with Gasteiger partial charge < -0.3 is 5.73 Å². The Kier molecular flexibility index (Phi) is 4.97. The van der Waals surface area contributed by atoms with Crippen LogP contribution in [0.1, 0.15) is 17.5 Å². The van der Waals surface area contributed by atoms with Crippen LogP contribution in [0.2, 0.25) is 0 Å². The number of halogens is 1. The SMILES string of the molecule is NC(=S)c1cccc(CN2CCCSCC2)c1F. The van der Waals surface area contributed by atoms with Crippen molar-refractivity contribution in [3.05, 3.63) is 35.1 Å². The van der Waals surface area contributed by atoms with Crippen LogP contribution in [0.5, 0.6) is 0 Å². The second-order valence-corrected chi connectivity index (χ2v) is 6.05. The molecule has 2 rings (SSSR count). The van der Waals surface area contributed by atoms with Gasteiger partial charge in [0.1, 0.15) is 10.8 Å². The van der Waals surface area contributed by atoms with Gasteiger partial charge in [-0.3, -0.25) is 4.90 Å². The van der Waals surface area contributed by atoms with Crippen molar-refractivity contribution in [2.45, 2.75) is 13.0 Å². The van der Waals surface area contributed by atoms with Crippen LogP contribution in [0.4, 0.5) is 4.39 Å². The molecule has 1 fully saturated rings. The van der Waals surface area contributed by atoms with E-state index in [0.29, 0.717) is 17.7 Å². The maximum atomic E-state index is 14.2. The first kappa shape index (κ1) is 13.8. The minimum Gasteiger partial charge on any atom is -0.389 e. The van der Waals surface area contributed by atoms with Gasteiger partial charge in [0, 0.05) is 30.0 Å². The second-order valence-electron chi connectivity index (χ2n) is 4.39. The van der Waals surface area contributed by atoms with Crippen LogP contribution in [0.25, 0.3) is 0 Å². The summed E-state index contributed by atoms with van der Waals surface area (Å²) in [7, 11) is 0. The van der Waals surface area contributed by atoms with E-state index < -0.39 is 0 Å². The first-order valence-electron chi connectivity index (χ1n) is 6.06. The van der Waals surface area contributed by atoms with Crippen molar-refractivity contribution >= 4 is 29.0 Å². The van der Waals surface area contributed by atoms with Crippen molar-refractivity contribution in [1.82, 2.24) is 4.90 Å². The quantitative estimate of drug-likeness (QED) is 0.863. The van der Waals surface area contributed by atoms with Gasteiger partial charge in [0.05, 0.1) is 0 Å². The number of nitrogens with two attached hydrogens (primary N) is 1. The summed E-state index contributed by atoms with van der Waals surface area (Å²) in [6, 6.07) is 5.27. The van der Waals surface area contributed by atoms with Gasteiger partial charge in [-0.1, -0.05) is 24.4 Å². The molecular weight excluding hydrogens is 267 g/mol. The van der Waals surface area contributed by atoms with Crippen LogP contribution in [0, 0.1) is 5.82 Å². The minimum absolute atomic E-state index is 0.126. The molecule has 0 atom stereocenters. The first-order valence-corrected chi connectivity index (χ1v) is 7.62. The number of rotatable bonds is 3. The van der Waals surface area contributed by atoms with Crippen molar-refractivity contribution in [3.63, 3.8) is 0 Å². The maximum Gasteiger partial charge on any atom is 0.137 e. The Labute approximate surface area is 117 Å². The van der Waals surface area contributed by atoms with Gasteiger partial charge in [0.2, 0.25) is 0 Å². The molecule has 0 unspecified atom stereocenters. The third kappa shape index (κ3) is 3.43. The Morgan fingerprint density at radius 2 is 2.22 bits per heavy atom. The fourth-order valence-corrected chi connectivity index (χ4v) is 3.17. The molecule has 5 heteroatoms. The van der Waals surface area contributed by atoms with E-state index in [2.05, 4.69) is 4.90 Å². The van der Waals surface area contributed by atoms with Crippen LogP contribution < -0.4 is 5.73 Å².